The molecule has 0 atom stereocenters. The number of benzene rings is 1. The van der Waals surface area contributed by atoms with E-state index in [4.69, 9.17) is 0 Å². The number of aryl methyl sites for hydroxylation is 1. The summed E-state index contributed by atoms with van der Waals surface area (Å²) in [5.74, 6) is -0.0936. The Balaban J connectivity index is 2.04. The number of carbonyl (C=O) groups is 1. The Morgan fingerprint density at radius 1 is 1.30 bits per heavy atom. The first-order valence-corrected chi connectivity index (χ1v) is 8.66. The molecule has 1 aromatic heterocycles. The molecule has 0 saturated heterocycles. The molecular formula is C17H24N4OS. The van der Waals surface area contributed by atoms with Crippen molar-refractivity contribution in [2.45, 2.75) is 46.3 Å². The van der Waals surface area contributed by atoms with Crippen molar-refractivity contribution in [2.75, 3.05) is 7.05 Å². The first-order chi connectivity index (χ1) is 11.0. The van der Waals surface area contributed by atoms with Crippen molar-refractivity contribution in [3.63, 3.8) is 0 Å². The minimum absolute atomic E-state index is 0.0936. The minimum atomic E-state index is -0.0936. The van der Waals surface area contributed by atoms with Gasteiger partial charge in [-0.25, -0.2) is 0 Å². The molecular weight excluding hydrogens is 308 g/mol. The Labute approximate surface area is 141 Å². The lowest BCUT2D eigenvalue weighted by molar-refractivity contribution is 0.0953. The van der Waals surface area contributed by atoms with E-state index in [0.717, 1.165) is 35.8 Å². The van der Waals surface area contributed by atoms with Gasteiger partial charge in [0.15, 0.2) is 0 Å². The van der Waals surface area contributed by atoms with Crippen molar-refractivity contribution in [3.05, 3.63) is 46.0 Å². The van der Waals surface area contributed by atoms with E-state index in [0.29, 0.717) is 17.5 Å². The maximum atomic E-state index is 12.3. The van der Waals surface area contributed by atoms with Crippen LogP contribution in [0, 0.1) is 0 Å². The second kappa shape index (κ2) is 8.17. The summed E-state index contributed by atoms with van der Waals surface area (Å²) in [5, 5.41) is 6.98. The van der Waals surface area contributed by atoms with Crippen LogP contribution in [0.15, 0.2) is 24.3 Å². The molecule has 5 nitrogen and oxygen atoms in total. The van der Waals surface area contributed by atoms with Crippen LogP contribution in [0.5, 0.6) is 0 Å². The van der Waals surface area contributed by atoms with Crippen molar-refractivity contribution in [1.29, 1.82) is 0 Å². The number of hydrogen-bond donors (Lipinski definition) is 1. The average molecular weight is 332 g/mol. The molecule has 124 valence electrons. The molecule has 0 saturated carbocycles. The largest absolute Gasteiger partial charge is 0.347 e. The third-order valence-electron chi connectivity index (χ3n) is 3.96. The van der Waals surface area contributed by atoms with Gasteiger partial charge in [-0.15, -0.1) is 5.10 Å². The molecule has 1 heterocycles. The van der Waals surface area contributed by atoms with Crippen LogP contribution in [-0.2, 0) is 19.5 Å². The highest BCUT2D eigenvalue weighted by Crippen LogP contribution is 2.14. The normalized spacial score (nSPS) is 11.2. The van der Waals surface area contributed by atoms with Gasteiger partial charge >= 0.3 is 0 Å². The number of aromatic nitrogens is 2. The van der Waals surface area contributed by atoms with Gasteiger partial charge in [-0.1, -0.05) is 35.7 Å². The van der Waals surface area contributed by atoms with Gasteiger partial charge in [0.2, 0.25) is 0 Å². The first-order valence-electron chi connectivity index (χ1n) is 7.89. The molecule has 1 N–H and O–H groups in total. The van der Waals surface area contributed by atoms with Crippen LogP contribution < -0.4 is 5.32 Å². The second-order valence-electron chi connectivity index (χ2n) is 5.86. The third-order valence-corrected chi connectivity index (χ3v) is 4.72. The van der Waals surface area contributed by atoms with Crippen LogP contribution in [0.1, 0.15) is 47.3 Å². The minimum Gasteiger partial charge on any atom is -0.347 e. The summed E-state index contributed by atoms with van der Waals surface area (Å²) in [4.78, 5) is 15.2. The zero-order valence-corrected chi connectivity index (χ0v) is 15.0. The van der Waals surface area contributed by atoms with Crippen molar-refractivity contribution >= 4 is 17.4 Å². The summed E-state index contributed by atoms with van der Waals surface area (Å²) < 4.78 is 3.87. The Morgan fingerprint density at radius 2 is 2.00 bits per heavy atom. The van der Waals surface area contributed by atoms with Crippen molar-refractivity contribution in [1.82, 2.24) is 19.8 Å². The van der Waals surface area contributed by atoms with Crippen LogP contribution in [-0.4, -0.2) is 33.5 Å². The number of nitrogens with zero attached hydrogens (tertiary/aromatic N) is 3. The maximum Gasteiger partial charge on any atom is 0.265 e. The van der Waals surface area contributed by atoms with Crippen molar-refractivity contribution in [3.8, 4) is 0 Å². The smallest absolute Gasteiger partial charge is 0.265 e. The highest BCUT2D eigenvalue weighted by atomic mass is 32.1. The fourth-order valence-electron chi connectivity index (χ4n) is 2.20. The lowest BCUT2D eigenvalue weighted by atomic mass is 10.1. The zero-order chi connectivity index (χ0) is 16.8. The predicted molar refractivity (Wildman–Crippen MR) is 93.5 cm³/mol. The molecule has 0 aliphatic carbocycles. The third kappa shape index (κ3) is 4.59. The predicted octanol–water partition coefficient (Wildman–Crippen LogP) is 2.87. The van der Waals surface area contributed by atoms with Gasteiger partial charge in [0.25, 0.3) is 5.91 Å². The summed E-state index contributed by atoms with van der Waals surface area (Å²) >= 11 is 1.15. The summed E-state index contributed by atoms with van der Waals surface area (Å²) in [6, 6.07) is 8.71. The number of carbonyl (C=O) groups excluding carboxylic acids is 1. The van der Waals surface area contributed by atoms with Gasteiger partial charge < -0.3 is 5.32 Å². The Bertz CT molecular complexity index is 654. The van der Waals surface area contributed by atoms with Gasteiger partial charge in [-0.05, 0) is 50.0 Å². The zero-order valence-electron chi connectivity index (χ0n) is 14.2. The average Bonchev–Trinajstić information content (AvgIpc) is 3.02. The SMILES string of the molecule is CCc1nnsc1C(=O)NCc1ccccc1CN(C)C(C)C. The van der Waals surface area contributed by atoms with E-state index in [1.165, 1.54) is 5.56 Å². The maximum absolute atomic E-state index is 12.3. The lowest BCUT2D eigenvalue weighted by Crippen LogP contribution is -2.27. The molecule has 6 heteroatoms. The lowest BCUT2D eigenvalue weighted by Gasteiger charge is -2.22. The quantitative estimate of drug-likeness (QED) is 0.847. The molecule has 0 spiro atoms. The summed E-state index contributed by atoms with van der Waals surface area (Å²) in [6.45, 7) is 7.71. The second-order valence-corrected chi connectivity index (χ2v) is 6.62. The molecule has 1 aromatic carbocycles. The standard InChI is InChI=1S/C17H24N4OS/c1-5-15-16(23-20-19-15)17(22)18-10-13-8-6-7-9-14(13)11-21(4)12(2)3/h6-9,12H,5,10-11H2,1-4H3,(H,18,22). The molecule has 0 aliphatic heterocycles. The highest BCUT2D eigenvalue weighted by molar-refractivity contribution is 7.08. The van der Waals surface area contributed by atoms with E-state index in [9.17, 15) is 4.79 Å². The van der Waals surface area contributed by atoms with Gasteiger partial charge in [0.05, 0.1) is 5.69 Å². The van der Waals surface area contributed by atoms with Gasteiger partial charge in [0.1, 0.15) is 4.88 Å². The Hall–Kier alpha value is -1.79. The fourth-order valence-corrected chi connectivity index (χ4v) is 2.87. The Kier molecular flexibility index (Phi) is 6.24. The molecule has 2 aromatic rings. The van der Waals surface area contributed by atoms with E-state index in [-0.39, 0.29) is 5.91 Å². The molecule has 0 radical (unpaired) electrons. The topological polar surface area (TPSA) is 58.1 Å². The molecule has 2 rings (SSSR count). The van der Waals surface area contributed by atoms with Crippen molar-refractivity contribution in [2.24, 2.45) is 0 Å². The van der Waals surface area contributed by atoms with Crippen LogP contribution in [0.4, 0.5) is 0 Å². The molecule has 0 fully saturated rings. The Morgan fingerprint density at radius 3 is 2.65 bits per heavy atom. The van der Waals surface area contributed by atoms with Crippen LogP contribution in [0.3, 0.4) is 0 Å². The van der Waals surface area contributed by atoms with Gasteiger partial charge in [-0.2, -0.15) is 0 Å². The van der Waals surface area contributed by atoms with E-state index in [2.05, 4.69) is 52.8 Å². The fraction of sp³-hybridized carbons (Fsp3) is 0.471. The van der Waals surface area contributed by atoms with E-state index in [1.807, 2.05) is 19.1 Å². The number of rotatable bonds is 7. The van der Waals surface area contributed by atoms with Crippen LogP contribution in [0.2, 0.25) is 0 Å². The summed E-state index contributed by atoms with van der Waals surface area (Å²) in [6.07, 6.45) is 0.717. The molecule has 0 bridgehead atoms. The van der Waals surface area contributed by atoms with Crippen molar-refractivity contribution < 1.29 is 4.79 Å². The molecule has 0 unspecified atom stereocenters. The molecule has 1 amide bonds. The van der Waals surface area contributed by atoms with Gasteiger partial charge in [0, 0.05) is 19.1 Å². The van der Waals surface area contributed by atoms with Crippen LogP contribution >= 0.6 is 11.5 Å². The number of hydrogen-bond acceptors (Lipinski definition) is 5. The summed E-state index contributed by atoms with van der Waals surface area (Å²) in [5.41, 5.74) is 3.14. The van der Waals surface area contributed by atoms with Crippen LogP contribution in [0.25, 0.3) is 0 Å². The van der Waals surface area contributed by atoms with E-state index in [1.54, 1.807) is 0 Å². The number of nitrogens with one attached hydrogen (secondary N) is 1. The van der Waals surface area contributed by atoms with E-state index >= 15 is 0 Å². The van der Waals surface area contributed by atoms with E-state index < -0.39 is 0 Å². The number of amides is 1. The summed E-state index contributed by atoms with van der Waals surface area (Å²) in [7, 11) is 2.11. The highest BCUT2D eigenvalue weighted by Gasteiger charge is 2.15. The van der Waals surface area contributed by atoms with Gasteiger partial charge in [-0.3, -0.25) is 9.69 Å². The molecule has 23 heavy (non-hydrogen) atoms. The first kappa shape index (κ1) is 17.6. The molecule has 0 aliphatic rings. The monoisotopic (exact) mass is 332 g/mol.